The van der Waals surface area contributed by atoms with E-state index in [9.17, 15) is 39.9 Å². The fourth-order valence-electron chi connectivity index (χ4n) is 10.1. The van der Waals surface area contributed by atoms with E-state index in [1.807, 2.05) is 56.3 Å². The van der Waals surface area contributed by atoms with Crippen LogP contribution in [0.3, 0.4) is 0 Å². The first-order valence-electron chi connectivity index (χ1n) is 23.3. The average molecular weight is 933 g/mol. The summed E-state index contributed by atoms with van der Waals surface area (Å²) in [5.74, 6) is -5.96. The number of likely N-dealkylation sites (N-methyl/N-ethyl adjacent to an activating group) is 1. The Bertz CT molecular complexity index is 1910. The van der Waals surface area contributed by atoms with Gasteiger partial charge in [-0.1, -0.05) is 45.0 Å². The van der Waals surface area contributed by atoms with Gasteiger partial charge >= 0.3 is 5.97 Å². The van der Waals surface area contributed by atoms with Crippen LogP contribution >= 0.6 is 0 Å². The topological polar surface area (TPSA) is 236 Å². The van der Waals surface area contributed by atoms with Crippen molar-refractivity contribution >= 4 is 17.7 Å². The SMILES string of the molecule is CO[C@]1(C)C[C@H](O[C@H]2[C@H](C)[C@@H](O[C@@H]3O[C@H](C)C[C@H](N(C)C)[C@H]3O)[C@](C)(O)C[C@@H](C)C(=O)[C@H](C)[C@@H](O)[C@](C)(O)[C@@H](CCNC(=O)Cc3cccc(-c4ccoc4)c3)OC(=O)[C@@H]2C)O[C@@H](C)[C@@H]1O. The molecule has 66 heavy (non-hydrogen) atoms. The van der Waals surface area contributed by atoms with Gasteiger partial charge in [0.2, 0.25) is 5.91 Å². The highest BCUT2D eigenvalue weighted by Gasteiger charge is 2.53. The molecule has 1 amide bonds. The number of ether oxygens (including phenoxy) is 6. The number of methoxy groups -OCH3 is 1. The zero-order chi connectivity index (χ0) is 49.1. The van der Waals surface area contributed by atoms with E-state index in [4.69, 9.17) is 32.8 Å². The first-order chi connectivity index (χ1) is 30.8. The van der Waals surface area contributed by atoms with E-state index in [1.165, 1.54) is 27.9 Å². The Hall–Kier alpha value is -3.33. The number of amides is 1. The lowest BCUT2D eigenvalue weighted by Crippen LogP contribution is -2.61. The van der Waals surface area contributed by atoms with Crippen molar-refractivity contribution in [1.29, 1.82) is 0 Å². The molecule has 372 valence electrons. The normalized spacial score (nSPS) is 41.0. The molecule has 0 aliphatic carbocycles. The quantitative estimate of drug-likeness (QED) is 0.167. The molecule has 1 aromatic heterocycles. The highest BCUT2D eigenvalue weighted by atomic mass is 16.7. The lowest BCUT2D eigenvalue weighted by atomic mass is 9.74. The van der Waals surface area contributed by atoms with Gasteiger partial charge in [-0.25, -0.2) is 0 Å². The van der Waals surface area contributed by atoms with Crippen LogP contribution in [0.25, 0.3) is 11.1 Å². The standard InChI is InChI=1S/C49H76N2O15/c1-26-23-47(7,58)44(66-46-40(54)35(51(10)11)20-27(2)62-46)29(4)41(65-38-24-48(8,60-12)43(56)31(6)63-38)30(5)45(57)64-36(49(9,59)42(55)28(3)39(26)53)16-18-50-37(52)22-32-14-13-15-33(21-32)34-17-19-61-25-34/h13-15,17,19,21,25-31,35-36,38,40-44,46,54-56,58-59H,16,18,20,22-24H2,1-12H3,(H,50,52)/t26-,27-,28+,29+,30-,31+,35+,36-,38+,40-,41+,42-,43+,44-,46+,47-,48-,49-/m1/s1. The van der Waals surface area contributed by atoms with Crippen LogP contribution in [-0.4, -0.2) is 160 Å². The number of nitrogens with one attached hydrogen (secondary N) is 1. The molecule has 17 nitrogen and oxygen atoms in total. The second-order valence-corrected chi connectivity index (χ2v) is 20.1. The summed E-state index contributed by atoms with van der Waals surface area (Å²) in [7, 11) is 5.14. The van der Waals surface area contributed by atoms with Crippen LogP contribution in [-0.2, 0) is 49.2 Å². The number of ketones is 1. The minimum atomic E-state index is -2.22. The summed E-state index contributed by atoms with van der Waals surface area (Å²) in [6.07, 6.45) is -7.94. The van der Waals surface area contributed by atoms with Gasteiger partial charge in [0.05, 0.1) is 66.6 Å². The molecular weight excluding hydrogens is 857 g/mol. The molecule has 0 bridgehead atoms. The van der Waals surface area contributed by atoms with Crippen molar-refractivity contribution in [3.05, 3.63) is 48.4 Å². The molecule has 3 aliphatic rings. The summed E-state index contributed by atoms with van der Waals surface area (Å²) >= 11 is 0. The van der Waals surface area contributed by atoms with E-state index in [0.29, 0.717) is 6.42 Å². The third kappa shape index (κ3) is 12.3. The monoisotopic (exact) mass is 933 g/mol. The zero-order valence-electron chi connectivity index (χ0n) is 40.7. The highest BCUT2D eigenvalue weighted by molar-refractivity contribution is 5.83. The second-order valence-electron chi connectivity index (χ2n) is 20.1. The minimum absolute atomic E-state index is 0.0260. The number of furan rings is 1. The number of carbonyl (C=O) groups excluding carboxylic acids is 3. The molecule has 5 rings (SSSR count). The summed E-state index contributed by atoms with van der Waals surface area (Å²) in [6, 6.07) is 8.89. The molecule has 0 spiro atoms. The number of nitrogens with zero attached hydrogens (tertiary/aromatic N) is 1. The molecule has 0 unspecified atom stereocenters. The fourth-order valence-corrected chi connectivity index (χ4v) is 10.1. The van der Waals surface area contributed by atoms with Crippen molar-refractivity contribution in [3.8, 4) is 11.1 Å². The predicted octanol–water partition coefficient (Wildman–Crippen LogP) is 3.38. The second kappa shape index (κ2) is 22.0. The van der Waals surface area contributed by atoms with Gasteiger partial charge in [0.25, 0.3) is 0 Å². The summed E-state index contributed by atoms with van der Waals surface area (Å²) in [5, 5.41) is 62.1. The van der Waals surface area contributed by atoms with Crippen molar-refractivity contribution in [2.75, 3.05) is 27.7 Å². The number of aliphatic hydroxyl groups excluding tert-OH is 3. The van der Waals surface area contributed by atoms with Crippen molar-refractivity contribution in [2.24, 2.45) is 23.7 Å². The first-order valence-corrected chi connectivity index (χ1v) is 23.3. The van der Waals surface area contributed by atoms with Crippen LogP contribution in [0.4, 0.5) is 0 Å². The number of carbonyl (C=O) groups is 3. The molecule has 1 aromatic carbocycles. The lowest BCUT2D eigenvalue weighted by Gasteiger charge is -2.49. The Balaban J connectivity index is 1.50. The molecule has 0 radical (unpaired) electrons. The van der Waals surface area contributed by atoms with Crippen molar-refractivity contribution in [2.45, 2.75) is 179 Å². The zero-order valence-corrected chi connectivity index (χ0v) is 40.7. The van der Waals surface area contributed by atoms with Crippen molar-refractivity contribution < 1.29 is 72.8 Å². The molecule has 2 aromatic rings. The van der Waals surface area contributed by atoms with Gasteiger partial charge < -0.3 is 68.6 Å². The number of benzene rings is 1. The highest BCUT2D eigenvalue weighted by Crippen LogP contribution is 2.41. The Labute approximate surface area is 389 Å². The third-order valence-corrected chi connectivity index (χ3v) is 14.3. The smallest absolute Gasteiger partial charge is 0.311 e. The van der Waals surface area contributed by atoms with Gasteiger partial charge in [-0.05, 0) is 85.7 Å². The minimum Gasteiger partial charge on any atom is -0.472 e. The molecule has 18 atom stereocenters. The van der Waals surface area contributed by atoms with Crippen LogP contribution in [0.15, 0.2) is 47.3 Å². The molecule has 6 N–H and O–H groups in total. The summed E-state index contributed by atoms with van der Waals surface area (Å²) < 4.78 is 42.9. The van der Waals surface area contributed by atoms with Gasteiger partial charge in [-0.15, -0.1) is 0 Å². The largest absolute Gasteiger partial charge is 0.472 e. The summed E-state index contributed by atoms with van der Waals surface area (Å²) in [5.41, 5.74) is -2.73. The first kappa shape index (κ1) is 53.6. The van der Waals surface area contributed by atoms with Crippen LogP contribution in [0.2, 0.25) is 0 Å². The molecule has 3 fully saturated rings. The molecule has 4 heterocycles. The van der Waals surface area contributed by atoms with Crippen LogP contribution in [0, 0.1) is 23.7 Å². The van der Waals surface area contributed by atoms with E-state index in [-0.39, 0.29) is 50.3 Å². The van der Waals surface area contributed by atoms with Gasteiger partial charge in [-0.2, -0.15) is 0 Å². The van der Waals surface area contributed by atoms with Gasteiger partial charge in [-0.3, -0.25) is 14.4 Å². The maximum atomic E-state index is 14.7. The number of cyclic esters (lactones) is 1. The fraction of sp³-hybridized carbons (Fsp3) is 0.735. The van der Waals surface area contributed by atoms with Crippen LogP contribution < -0.4 is 5.32 Å². The summed E-state index contributed by atoms with van der Waals surface area (Å²) in [4.78, 5) is 44.1. The Morgan fingerprint density at radius 3 is 2.24 bits per heavy atom. The van der Waals surface area contributed by atoms with Crippen LogP contribution in [0.1, 0.15) is 93.6 Å². The molecule has 0 saturated carbocycles. The van der Waals surface area contributed by atoms with E-state index in [1.54, 1.807) is 47.1 Å². The maximum absolute atomic E-state index is 14.7. The van der Waals surface area contributed by atoms with Gasteiger partial charge in [0.15, 0.2) is 12.6 Å². The molecule has 17 heteroatoms. The average Bonchev–Trinajstić information content (AvgIpc) is 3.81. The number of hydrogen-bond donors (Lipinski definition) is 6. The van der Waals surface area contributed by atoms with E-state index in [0.717, 1.165) is 16.7 Å². The molecular formula is C49H76N2O15. The van der Waals surface area contributed by atoms with E-state index < -0.39 is 108 Å². The van der Waals surface area contributed by atoms with Crippen LogP contribution in [0.5, 0.6) is 0 Å². The Morgan fingerprint density at radius 1 is 0.909 bits per heavy atom. The van der Waals surface area contributed by atoms with Gasteiger partial charge in [0.1, 0.15) is 29.7 Å². The van der Waals surface area contributed by atoms with E-state index in [2.05, 4.69) is 5.32 Å². The predicted molar refractivity (Wildman–Crippen MR) is 241 cm³/mol. The Morgan fingerprint density at radius 2 is 1.61 bits per heavy atom. The number of rotatable bonds is 12. The number of esters is 1. The number of aliphatic hydroxyl groups is 5. The van der Waals surface area contributed by atoms with Crippen molar-refractivity contribution in [3.63, 3.8) is 0 Å². The Kier molecular flexibility index (Phi) is 17.8. The number of hydrogen-bond acceptors (Lipinski definition) is 16. The lowest BCUT2D eigenvalue weighted by molar-refractivity contribution is -0.318. The van der Waals surface area contributed by atoms with Gasteiger partial charge in [0, 0.05) is 55.9 Å². The van der Waals surface area contributed by atoms with E-state index >= 15 is 0 Å². The maximum Gasteiger partial charge on any atom is 0.311 e. The molecule has 3 aliphatic heterocycles. The molecule has 3 saturated heterocycles. The number of Topliss-reactive ketones (excluding diaryl/α,β-unsaturated/α-hetero) is 1. The third-order valence-electron chi connectivity index (χ3n) is 14.3. The van der Waals surface area contributed by atoms with Crippen molar-refractivity contribution in [1.82, 2.24) is 10.2 Å². The summed E-state index contributed by atoms with van der Waals surface area (Å²) in [6.45, 7) is 14.3.